The van der Waals surface area contributed by atoms with E-state index in [0.29, 0.717) is 93.4 Å². The van der Waals surface area contributed by atoms with E-state index in [4.69, 9.17) is 5.11 Å². The number of urea groups is 1. The van der Waals surface area contributed by atoms with Crippen LogP contribution in [0.25, 0.3) is 0 Å². The molecule has 0 spiro atoms. The van der Waals surface area contributed by atoms with Crippen LogP contribution in [0, 0.1) is 10.8 Å². The number of quaternary nitrogens is 2. The van der Waals surface area contributed by atoms with Crippen LogP contribution in [0.5, 0.6) is 0 Å². The number of amides is 4. The quantitative estimate of drug-likeness (QED) is 0.0350. The lowest BCUT2D eigenvalue weighted by atomic mass is 9.71. The first-order valence-electron chi connectivity index (χ1n) is 20.2. The number of carbonyl (C=O) groups excluding carboxylic acids is 3. The third-order valence-corrected chi connectivity index (χ3v) is 10.2. The number of aliphatic carboxylic acids is 4. The molecule has 18 nitrogen and oxygen atoms in total. The minimum absolute atomic E-state index is 0.0180. The highest BCUT2D eigenvalue weighted by molar-refractivity contribution is 5.84. The molecule has 0 heterocycles. The van der Waals surface area contributed by atoms with Gasteiger partial charge in [-0.1, -0.05) is 41.5 Å². The maximum Gasteiger partial charge on any atom is 0.359 e. The molecule has 0 fully saturated rings. The number of rotatable bonds is 33. The average Bonchev–Trinajstić information content (AvgIpc) is 3.06. The first-order valence-corrected chi connectivity index (χ1v) is 20.2. The second-order valence-corrected chi connectivity index (χ2v) is 17.6. The summed E-state index contributed by atoms with van der Waals surface area (Å²) in [5.74, 6) is -4.51. The fraction of sp³-hybridized carbons (Fsp3) is 0.821. The highest BCUT2D eigenvalue weighted by Crippen LogP contribution is 2.38. The van der Waals surface area contributed by atoms with Crippen molar-refractivity contribution in [2.45, 2.75) is 105 Å². The zero-order valence-electron chi connectivity index (χ0n) is 35.9. The summed E-state index contributed by atoms with van der Waals surface area (Å²) in [6, 6.07) is -2.07. The van der Waals surface area contributed by atoms with Crippen LogP contribution in [-0.4, -0.2) is 175 Å². The number of carbonyl (C=O) groups is 7. The third-order valence-electron chi connectivity index (χ3n) is 10.2. The van der Waals surface area contributed by atoms with Gasteiger partial charge in [0.1, 0.15) is 25.7 Å². The van der Waals surface area contributed by atoms with Crippen LogP contribution < -0.4 is 21.3 Å². The summed E-state index contributed by atoms with van der Waals surface area (Å²) in [7, 11) is 3.90. The van der Waals surface area contributed by atoms with Crippen LogP contribution in [0.4, 0.5) is 4.79 Å². The summed E-state index contributed by atoms with van der Waals surface area (Å²) in [4.78, 5) is 84.8. The van der Waals surface area contributed by atoms with Crippen LogP contribution in [0.1, 0.15) is 99.3 Å². The molecule has 330 valence electrons. The summed E-state index contributed by atoms with van der Waals surface area (Å²) in [6.45, 7) is 16.2. The highest BCUT2D eigenvalue weighted by atomic mass is 16.4. The zero-order chi connectivity index (χ0) is 43.9. The average molecular weight is 818 g/mol. The number of hydrogen-bond donors (Lipinski definition) is 8. The molecule has 0 saturated heterocycles. The van der Waals surface area contributed by atoms with E-state index in [2.05, 4.69) is 49.0 Å². The Bertz CT molecular complexity index is 1310. The van der Waals surface area contributed by atoms with Gasteiger partial charge in [0.25, 0.3) is 5.91 Å². The van der Waals surface area contributed by atoms with E-state index in [0.717, 1.165) is 19.3 Å². The van der Waals surface area contributed by atoms with Crippen molar-refractivity contribution in [1.29, 1.82) is 0 Å². The van der Waals surface area contributed by atoms with Gasteiger partial charge in [-0.15, -0.1) is 0 Å². The summed E-state index contributed by atoms with van der Waals surface area (Å²) in [5.41, 5.74) is -0.333. The maximum atomic E-state index is 13.4. The van der Waals surface area contributed by atoms with Crippen molar-refractivity contribution < 1.29 is 63.0 Å². The van der Waals surface area contributed by atoms with Crippen LogP contribution in [-0.2, 0) is 28.8 Å². The molecule has 0 bridgehead atoms. The molecule has 0 radical (unpaired) electrons. The topological polar surface area (TPSA) is 252 Å². The summed E-state index contributed by atoms with van der Waals surface area (Å²) in [6.07, 6.45) is 5.10. The van der Waals surface area contributed by atoms with Crippen molar-refractivity contribution in [3.05, 3.63) is 0 Å². The Hall–Kier alpha value is -4.03. The molecule has 18 heteroatoms. The minimum atomic E-state index is -1.25. The molecular formula is C39H75N7O11+2. The van der Waals surface area contributed by atoms with E-state index in [-0.39, 0.29) is 48.7 Å². The van der Waals surface area contributed by atoms with Crippen molar-refractivity contribution in [3.8, 4) is 0 Å². The monoisotopic (exact) mass is 818 g/mol. The number of hydrogen-bond acceptors (Lipinski definition) is 8. The predicted octanol–water partition coefficient (Wildman–Crippen LogP) is 2.02. The Morgan fingerprint density at radius 2 is 1.25 bits per heavy atom. The van der Waals surface area contributed by atoms with Crippen molar-refractivity contribution in [3.63, 3.8) is 0 Å². The lowest BCUT2D eigenvalue weighted by molar-refractivity contribution is -0.956. The van der Waals surface area contributed by atoms with Gasteiger partial charge in [0, 0.05) is 26.1 Å². The van der Waals surface area contributed by atoms with Crippen LogP contribution in [0.2, 0.25) is 0 Å². The Balaban J connectivity index is 5.09. The lowest BCUT2D eigenvalue weighted by Gasteiger charge is -2.40. The van der Waals surface area contributed by atoms with E-state index < -0.39 is 42.5 Å². The largest absolute Gasteiger partial charge is 0.480 e. The molecule has 0 aliphatic heterocycles. The summed E-state index contributed by atoms with van der Waals surface area (Å²) < 4.78 is 0.687. The number of likely N-dealkylation sites (N-methyl/N-ethyl adjacent to an activating group) is 2. The number of carboxylic acids is 4. The molecule has 3 unspecified atom stereocenters. The molecule has 0 aromatic rings. The third kappa shape index (κ3) is 26.5. The van der Waals surface area contributed by atoms with Gasteiger partial charge in [-0.3, -0.25) is 24.1 Å². The highest BCUT2D eigenvalue weighted by Gasteiger charge is 2.34. The molecule has 0 aliphatic rings. The normalized spacial score (nSPS) is 14.5. The van der Waals surface area contributed by atoms with Crippen molar-refractivity contribution in [2.24, 2.45) is 10.8 Å². The van der Waals surface area contributed by atoms with E-state index >= 15 is 0 Å². The van der Waals surface area contributed by atoms with E-state index in [1.165, 1.54) is 0 Å². The molecule has 3 atom stereocenters. The first-order chi connectivity index (χ1) is 26.3. The maximum absolute atomic E-state index is 13.4. The van der Waals surface area contributed by atoms with Gasteiger partial charge < -0.3 is 50.7 Å². The van der Waals surface area contributed by atoms with E-state index in [1.54, 1.807) is 0 Å². The summed E-state index contributed by atoms with van der Waals surface area (Å²) in [5, 5.41) is 47.2. The van der Waals surface area contributed by atoms with Gasteiger partial charge in [0.15, 0.2) is 13.1 Å². The van der Waals surface area contributed by atoms with Crippen molar-refractivity contribution >= 4 is 41.7 Å². The van der Waals surface area contributed by atoms with E-state index in [9.17, 15) is 48.9 Å². The van der Waals surface area contributed by atoms with Gasteiger partial charge >= 0.3 is 29.9 Å². The van der Waals surface area contributed by atoms with Gasteiger partial charge in [-0.05, 0) is 68.7 Å². The molecule has 8 N–H and O–H groups in total. The Morgan fingerprint density at radius 1 is 0.649 bits per heavy atom. The second kappa shape index (κ2) is 26.1. The SMILES string of the molecule is CCCN(CC[N+](C)(CC[N+](C)(CCC)CC(=O)O)CC(=O)NCCC(C)(C)CC(C)(C)CCC(=O)NCCCCC(NC(=O)NCC(=O)O)C(=O)O)CC(=O)O. The molecule has 0 aromatic carbocycles. The minimum Gasteiger partial charge on any atom is -0.480 e. The number of unbranched alkanes of at least 4 members (excludes halogenated alkanes) is 1. The Labute approximate surface area is 339 Å². The fourth-order valence-electron chi connectivity index (χ4n) is 7.33. The number of nitrogens with zero attached hydrogens (tertiary/aromatic N) is 3. The number of carboxylic acid groups (broad SMARTS) is 4. The Morgan fingerprint density at radius 3 is 1.79 bits per heavy atom. The molecule has 4 amide bonds. The smallest absolute Gasteiger partial charge is 0.359 e. The summed E-state index contributed by atoms with van der Waals surface area (Å²) >= 11 is 0. The van der Waals surface area contributed by atoms with Crippen LogP contribution >= 0.6 is 0 Å². The molecular weight excluding hydrogens is 742 g/mol. The first kappa shape index (κ1) is 53.0. The standard InChI is InChI=1S/C39H73N7O11/c1-9-19-44(26-34(51)52)20-22-46(8,24-23-45(7,21-10-2)28-35(53)54)27-32(48)41-18-16-39(5,6)29-38(3,4)15-14-31(47)40-17-12-11-13-30(36(55)56)43-37(57)42-25-33(49)50/h30H,9-29H2,1-8H3,(H6-2,40,41,42,43,47,48,49,50,51,52,53,54,55,56,57)/p+2. The van der Waals surface area contributed by atoms with Crippen molar-refractivity contribution in [2.75, 3.05) is 92.6 Å². The van der Waals surface area contributed by atoms with Gasteiger partial charge in [-0.25, -0.2) is 14.4 Å². The fourth-order valence-corrected chi connectivity index (χ4v) is 7.33. The molecule has 0 rings (SSSR count). The van der Waals surface area contributed by atoms with Gasteiger partial charge in [-0.2, -0.15) is 0 Å². The van der Waals surface area contributed by atoms with E-state index in [1.807, 2.05) is 32.8 Å². The molecule has 0 aromatic heterocycles. The second-order valence-electron chi connectivity index (χ2n) is 17.6. The Kier molecular flexibility index (Phi) is 24.2. The van der Waals surface area contributed by atoms with Gasteiger partial charge in [0.2, 0.25) is 5.91 Å². The van der Waals surface area contributed by atoms with Crippen LogP contribution in [0.15, 0.2) is 0 Å². The zero-order valence-corrected chi connectivity index (χ0v) is 35.9. The predicted molar refractivity (Wildman–Crippen MR) is 215 cm³/mol. The van der Waals surface area contributed by atoms with Crippen LogP contribution in [0.3, 0.4) is 0 Å². The molecule has 57 heavy (non-hydrogen) atoms. The number of nitrogens with one attached hydrogen (secondary N) is 4. The van der Waals surface area contributed by atoms with Gasteiger partial charge in [0.05, 0.1) is 33.7 Å². The lowest BCUT2D eigenvalue weighted by Crippen LogP contribution is -2.60. The van der Waals surface area contributed by atoms with Crippen molar-refractivity contribution in [1.82, 2.24) is 26.2 Å². The molecule has 0 aliphatic carbocycles. The molecule has 0 saturated carbocycles.